The summed E-state index contributed by atoms with van der Waals surface area (Å²) in [6, 6.07) is 5.50. The van der Waals surface area contributed by atoms with Crippen LogP contribution in [0, 0.1) is 12.7 Å². The number of aliphatic carboxylic acids is 1. The van der Waals surface area contributed by atoms with Crippen LogP contribution in [0.15, 0.2) is 24.3 Å². The Bertz CT molecular complexity index is 559. The summed E-state index contributed by atoms with van der Waals surface area (Å²) in [5.74, 6) is -1.21. The minimum Gasteiger partial charge on any atom is -0.480 e. The topological polar surface area (TPSA) is 42.2 Å². The Morgan fingerprint density at radius 1 is 1.44 bits per heavy atom. The summed E-state index contributed by atoms with van der Waals surface area (Å²) >= 11 is 0. The summed E-state index contributed by atoms with van der Waals surface area (Å²) in [7, 11) is 0. The third kappa shape index (κ3) is 1.56. The van der Waals surface area contributed by atoms with Crippen LogP contribution in [0.2, 0.25) is 0 Å². The molecule has 0 saturated heterocycles. The van der Waals surface area contributed by atoms with Gasteiger partial charge in [-0.05, 0) is 38.1 Å². The Morgan fingerprint density at radius 2 is 2.12 bits per heavy atom. The molecule has 2 rings (SSSR count). The van der Waals surface area contributed by atoms with E-state index in [9.17, 15) is 9.18 Å². The number of halogens is 1. The predicted molar refractivity (Wildman–Crippen MR) is 59.0 cm³/mol. The largest absolute Gasteiger partial charge is 0.480 e. The van der Waals surface area contributed by atoms with Gasteiger partial charge in [0.25, 0.3) is 0 Å². The first kappa shape index (κ1) is 10.7. The first-order chi connectivity index (χ1) is 7.50. The molecule has 3 nitrogen and oxygen atoms in total. The molecule has 0 saturated carbocycles. The molecule has 0 spiro atoms. The molecule has 1 atom stereocenters. The van der Waals surface area contributed by atoms with Crippen LogP contribution in [0.25, 0.3) is 10.9 Å². The summed E-state index contributed by atoms with van der Waals surface area (Å²) in [6.07, 6.45) is 0. The molecule has 1 aromatic carbocycles. The van der Waals surface area contributed by atoms with Crippen LogP contribution in [0.4, 0.5) is 4.39 Å². The van der Waals surface area contributed by atoms with Gasteiger partial charge in [0.05, 0.1) is 0 Å². The van der Waals surface area contributed by atoms with Gasteiger partial charge in [-0.3, -0.25) is 0 Å². The van der Waals surface area contributed by atoms with Crippen LogP contribution in [0.5, 0.6) is 0 Å². The molecule has 84 valence electrons. The van der Waals surface area contributed by atoms with Gasteiger partial charge in [-0.25, -0.2) is 9.18 Å². The van der Waals surface area contributed by atoms with Crippen molar-refractivity contribution in [2.75, 3.05) is 0 Å². The highest BCUT2D eigenvalue weighted by atomic mass is 19.1. The third-order valence-corrected chi connectivity index (χ3v) is 2.74. The number of hydrogen-bond acceptors (Lipinski definition) is 1. The molecule has 4 heteroatoms. The highest BCUT2D eigenvalue weighted by molar-refractivity contribution is 5.84. The van der Waals surface area contributed by atoms with Gasteiger partial charge in [-0.15, -0.1) is 0 Å². The van der Waals surface area contributed by atoms with E-state index >= 15 is 0 Å². The van der Waals surface area contributed by atoms with E-state index in [1.54, 1.807) is 23.6 Å². The lowest BCUT2D eigenvalue weighted by molar-refractivity contribution is -0.140. The molecule has 1 heterocycles. The molecule has 1 unspecified atom stereocenters. The summed E-state index contributed by atoms with van der Waals surface area (Å²) < 4.78 is 14.7. The maximum absolute atomic E-state index is 13.0. The van der Waals surface area contributed by atoms with Crippen molar-refractivity contribution >= 4 is 16.9 Å². The first-order valence-corrected chi connectivity index (χ1v) is 5.00. The normalized spacial score (nSPS) is 12.9. The number of carboxylic acid groups (broad SMARTS) is 1. The average Bonchev–Trinajstić information content (AvgIpc) is 2.51. The summed E-state index contributed by atoms with van der Waals surface area (Å²) in [4.78, 5) is 11.0. The minimum atomic E-state index is -0.898. The van der Waals surface area contributed by atoms with Crippen LogP contribution < -0.4 is 0 Å². The molecule has 0 aliphatic heterocycles. The Labute approximate surface area is 92.1 Å². The van der Waals surface area contributed by atoms with Crippen molar-refractivity contribution in [3.63, 3.8) is 0 Å². The molecule has 1 N–H and O–H groups in total. The fourth-order valence-electron chi connectivity index (χ4n) is 1.97. The highest BCUT2D eigenvalue weighted by Gasteiger charge is 2.17. The fourth-order valence-corrected chi connectivity index (χ4v) is 1.97. The van der Waals surface area contributed by atoms with Crippen LogP contribution in [0.1, 0.15) is 18.7 Å². The van der Waals surface area contributed by atoms with Crippen molar-refractivity contribution in [1.82, 2.24) is 4.57 Å². The van der Waals surface area contributed by atoms with Gasteiger partial charge in [0.1, 0.15) is 11.9 Å². The Balaban J connectivity index is 2.69. The number of benzene rings is 1. The number of fused-ring (bicyclic) bond motifs is 1. The van der Waals surface area contributed by atoms with Crippen LogP contribution in [-0.4, -0.2) is 15.6 Å². The van der Waals surface area contributed by atoms with Gasteiger partial charge in [0.2, 0.25) is 0 Å². The highest BCUT2D eigenvalue weighted by Crippen LogP contribution is 2.24. The second-order valence-electron chi connectivity index (χ2n) is 3.87. The third-order valence-electron chi connectivity index (χ3n) is 2.74. The molecule has 1 aromatic heterocycles. The van der Waals surface area contributed by atoms with Crippen molar-refractivity contribution in [3.8, 4) is 0 Å². The lowest BCUT2D eigenvalue weighted by Gasteiger charge is -2.12. The van der Waals surface area contributed by atoms with Crippen molar-refractivity contribution in [2.24, 2.45) is 0 Å². The summed E-state index contributed by atoms with van der Waals surface area (Å²) in [5.41, 5.74) is 1.56. The number of carboxylic acids is 1. The standard InChI is InChI=1S/C12H12FNO2/c1-7-5-9-6-10(13)3-4-11(9)14(7)8(2)12(15)16/h3-6,8H,1-2H3,(H,15,16). The van der Waals surface area contributed by atoms with Gasteiger partial charge < -0.3 is 9.67 Å². The van der Waals surface area contributed by atoms with Crippen LogP contribution in [0.3, 0.4) is 0 Å². The zero-order valence-electron chi connectivity index (χ0n) is 9.07. The van der Waals surface area contributed by atoms with E-state index in [2.05, 4.69) is 0 Å². The van der Waals surface area contributed by atoms with E-state index in [1.165, 1.54) is 12.1 Å². The molecule has 0 fully saturated rings. The van der Waals surface area contributed by atoms with Gasteiger partial charge in [-0.1, -0.05) is 0 Å². The number of rotatable bonds is 2. The zero-order chi connectivity index (χ0) is 11.9. The SMILES string of the molecule is Cc1cc2cc(F)ccc2n1C(C)C(=O)O. The summed E-state index contributed by atoms with van der Waals surface area (Å²) in [6.45, 7) is 3.43. The van der Waals surface area contributed by atoms with Gasteiger partial charge in [0.15, 0.2) is 0 Å². The maximum atomic E-state index is 13.0. The number of aromatic nitrogens is 1. The van der Waals surface area contributed by atoms with E-state index < -0.39 is 12.0 Å². The molecule has 0 aliphatic rings. The van der Waals surface area contributed by atoms with Gasteiger partial charge in [0, 0.05) is 16.6 Å². The van der Waals surface area contributed by atoms with Crippen molar-refractivity contribution < 1.29 is 14.3 Å². The molecule has 2 aromatic rings. The minimum absolute atomic E-state index is 0.312. The molecule has 16 heavy (non-hydrogen) atoms. The van der Waals surface area contributed by atoms with E-state index in [0.717, 1.165) is 16.6 Å². The Hall–Kier alpha value is -1.84. The second kappa shape index (κ2) is 3.63. The lowest BCUT2D eigenvalue weighted by atomic mass is 10.2. The zero-order valence-corrected chi connectivity index (χ0v) is 9.07. The summed E-state index contributed by atoms with van der Waals surface area (Å²) in [5, 5.41) is 9.72. The maximum Gasteiger partial charge on any atom is 0.326 e. The lowest BCUT2D eigenvalue weighted by Crippen LogP contribution is -2.16. The van der Waals surface area contributed by atoms with E-state index in [1.807, 2.05) is 6.92 Å². The van der Waals surface area contributed by atoms with E-state index in [0.29, 0.717) is 0 Å². The molecular weight excluding hydrogens is 209 g/mol. The predicted octanol–water partition coefficient (Wildman–Crippen LogP) is 2.73. The van der Waals surface area contributed by atoms with E-state index in [-0.39, 0.29) is 5.82 Å². The van der Waals surface area contributed by atoms with Crippen LogP contribution in [-0.2, 0) is 4.79 Å². The van der Waals surface area contributed by atoms with E-state index in [4.69, 9.17) is 5.11 Å². The Morgan fingerprint density at radius 3 is 2.75 bits per heavy atom. The van der Waals surface area contributed by atoms with Crippen molar-refractivity contribution in [1.29, 1.82) is 0 Å². The number of nitrogens with zero attached hydrogens (tertiary/aromatic N) is 1. The molecular formula is C12H12FNO2. The number of hydrogen-bond donors (Lipinski definition) is 1. The number of carbonyl (C=O) groups is 1. The Kier molecular flexibility index (Phi) is 2.42. The van der Waals surface area contributed by atoms with Gasteiger partial charge in [-0.2, -0.15) is 0 Å². The van der Waals surface area contributed by atoms with Crippen molar-refractivity contribution in [3.05, 3.63) is 35.8 Å². The monoisotopic (exact) mass is 221 g/mol. The smallest absolute Gasteiger partial charge is 0.326 e. The second-order valence-corrected chi connectivity index (χ2v) is 3.87. The van der Waals surface area contributed by atoms with Crippen molar-refractivity contribution in [2.45, 2.75) is 19.9 Å². The molecule has 0 bridgehead atoms. The molecule has 0 amide bonds. The first-order valence-electron chi connectivity index (χ1n) is 5.00. The average molecular weight is 221 g/mol. The quantitative estimate of drug-likeness (QED) is 0.847. The molecule has 0 aliphatic carbocycles. The fraction of sp³-hybridized carbons (Fsp3) is 0.250. The molecule has 0 radical (unpaired) electrons. The van der Waals surface area contributed by atoms with Gasteiger partial charge >= 0.3 is 5.97 Å². The number of aryl methyl sites for hydroxylation is 1. The van der Waals surface area contributed by atoms with Crippen LogP contribution >= 0.6 is 0 Å².